The van der Waals surface area contributed by atoms with Gasteiger partial charge in [-0.1, -0.05) is 0 Å². The van der Waals surface area contributed by atoms with E-state index >= 15 is 0 Å². The minimum Gasteiger partial charge on any atom is -0.497 e. The van der Waals surface area contributed by atoms with Gasteiger partial charge in [0.1, 0.15) is 11.6 Å². The standard InChI is InChI=1S/C27H37FNO4P/c1-4-33-34(3,30)18-25(21-9-10-21)22-13-14-29-27(15-22)32-17-19-5-7-20(8-6-19)24-16-23(31-2)11-12-26(24)28/h11-16,19-21,25H,4-10,17-18H2,1-3H3/t19-,20-,25?,34?. The van der Waals surface area contributed by atoms with Gasteiger partial charge in [-0.3, -0.25) is 4.57 Å². The molecule has 186 valence electrons. The van der Waals surface area contributed by atoms with E-state index in [9.17, 15) is 8.96 Å². The Morgan fingerprint density at radius 3 is 2.56 bits per heavy atom. The van der Waals surface area contributed by atoms with Crippen molar-refractivity contribution in [2.75, 3.05) is 33.2 Å². The number of hydrogen-bond donors (Lipinski definition) is 0. The number of nitrogens with zero attached hydrogens (tertiary/aromatic N) is 1. The predicted octanol–water partition coefficient (Wildman–Crippen LogP) is 7.02. The van der Waals surface area contributed by atoms with Gasteiger partial charge in [0.2, 0.25) is 13.2 Å². The Bertz CT molecular complexity index is 1000. The van der Waals surface area contributed by atoms with Gasteiger partial charge in [-0.25, -0.2) is 9.37 Å². The van der Waals surface area contributed by atoms with Crippen molar-refractivity contribution in [2.45, 2.75) is 57.3 Å². The van der Waals surface area contributed by atoms with Gasteiger partial charge in [0, 0.05) is 25.1 Å². The number of benzene rings is 1. The Morgan fingerprint density at radius 1 is 1.12 bits per heavy atom. The summed E-state index contributed by atoms with van der Waals surface area (Å²) >= 11 is 0. The molecule has 34 heavy (non-hydrogen) atoms. The smallest absolute Gasteiger partial charge is 0.213 e. The number of methoxy groups -OCH3 is 1. The Balaban J connectivity index is 1.33. The second kappa shape index (κ2) is 11.2. The summed E-state index contributed by atoms with van der Waals surface area (Å²) in [6, 6.07) is 9.05. The predicted molar refractivity (Wildman–Crippen MR) is 133 cm³/mol. The number of hydrogen-bond acceptors (Lipinski definition) is 5. The summed E-state index contributed by atoms with van der Waals surface area (Å²) in [5, 5.41) is 0. The van der Waals surface area contributed by atoms with Crippen LogP contribution < -0.4 is 9.47 Å². The van der Waals surface area contributed by atoms with Crippen molar-refractivity contribution >= 4 is 7.37 Å². The molecule has 2 aliphatic rings. The first-order chi connectivity index (χ1) is 16.4. The van der Waals surface area contributed by atoms with Gasteiger partial charge < -0.3 is 14.0 Å². The molecule has 5 nitrogen and oxygen atoms in total. The largest absolute Gasteiger partial charge is 0.497 e. The number of ether oxygens (including phenoxy) is 2. The van der Waals surface area contributed by atoms with Crippen LogP contribution in [0.1, 0.15) is 68.4 Å². The minimum atomic E-state index is -2.62. The van der Waals surface area contributed by atoms with E-state index in [1.807, 2.05) is 25.1 Å². The Hall–Kier alpha value is -1.91. The number of rotatable bonds is 11. The normalized spacial score (nSPS) is 23.2. The molecule has 2 fully saturated rings. The molecule has 1 aromatic carbocycles. The lowest BCUT2D eigenvalue weighted by Crippen LogP contribution is -2.20. The molecular formula is C27H37FNO4P. The maximum absolute atomic E-state index is 14.4. The van der Waals surface area contributed by atoms with Crippen LogP contribution >= 0.6 is 7.37 Å². The molecule has 0 spiro atoms. The van der Waals surface area contributed by atoms with Gasteiger partial charge in [0.25, 0.3) is 0 Å². The third-order valence-electron chi connectivity index (χ3n) is 7.27. The van der Waals surface area contributed by atoms with Crippen molar-refractivity contribution in [1.29, 1.82) is 0 Å². The zero-order chi connectivity index (χ0) is 24.1. The molecule has 7 heteroatoms. The highest BCUT2D eigenvalue weighted by molar-refractivity contribution is 7.58. The van der Waals surface area contributed by atoms with E-state index in [0.29, 0.717) is 42.8 Å². The Labute approximate surface area is 202 Å². The second-order valence-corrected chi connectivity index (χ2v) is 12.6. The minimum absolute atomic E-state index is 0.146. The van der Waals surface area contributed by atoms with Crippen molar-refractivity contribution < 1.29 is 23.0 Å². The van der Waals surface area contributed by atoms with Gasteiger partial charge in [0.15, 0.2) is 0 Å². The molecule has 0 aliphatic heterocycles. The summed E-state index contributed by atoms with van der Waals surface area (Å²) in [6.45, 7) is 4.73. The van der Waals surface area contributed by atoms with E-state index in [1.54, 1.807) is 26.0 Å². The van der Waals surface area contributed by atoms with Crippen LogP contribution in [0.15, 0.2) is 36.5 Å². The van der Waals surface area contributed by atoms with Crippen molar-refractivity contribution in [3.05, 3.63) is 53.5 Å². The van der Waals surface area contributed by atoms with Crippen molar-refractivity contribution in [3.8, 4) is 11.6 Å². The van der Waals surface area contributed by atoms with Crippen LogP contribution in [0.25, 0.3) is 0 Å². The first kappa shape index (κ1) is 25.2. The fraction of sp³-hybridized carbons (Fsp3) is 0.593. The molecule has 0 radical (unpaired) electrons. The molecule has 2 aromatic rings. The number of pyridine rings is 1. The molecule has 2 aliphatic carbocycles. The second-order valence-electron chi connectivity index (χ2n) is 9.90. The molecule has 0 amide bonds. The first-order valence-electron chi connectivity index (χ1n) is 12.5. The van der Waals surface area contributed by atoms with Crippen LogP contribution in [0.4, 0.5) is 4.39 Å². The first-order valence-corrected chi connectivity index (χ1v) is 14.8. The van der Waals surface area contributed by atoms with Gasteiger partial charge in [-0.2, -0.15) is 0 Å². The quantitative estimate of drug-likeness (QED) is 0.318. The van der Waals surface area contributed by atoms with Crippen molar-refractivity contribution in [2.24, 2.45) is 11.8 Å². The average Bonchev–Trinajstić information content (AvgIpc) is 3.68. The zero-order valence-electron chi connectivity index (χ0n) is 20.5. The maximum Gasteiger partial charge on any atom is 0.213 e. The van der Waals surface area contributed by atoms with Gasteiger partial charge in [-0.15, -0.1) is 0 Å². The van der Waals surface area contributed by atoms with Crippen molar-refractivity contribution in [3.63, 3.8) is 0 Å². The van der Waals surface area contributed by atoms with E-state index < -0.39 is 7.37 Å². The van der Waals surface area contributed by atoms with E-state index in [4.69, 9.17) is 14.0 Å². The summed E-state index contributed by atoms with van der Waals surface area (Å²) < 4.78 is 44.1. The molecule has 2 unspecified atom stereocenters. The molecule has 0 N–H and O–H groups in total. The number of halogens is 1. The third-order valence-corrected chi connectivity index (χ3v) is 9.13. The Kier molecular flexibility index (Phi) is 8.31. The molecule has 2 saturated carbocycles. The monoisotopic (exact) mass is 489 g/mol. The van der Waals surface area contributed by atoms with Crippen LogP contribution in [-0.4, -0.2) is 38.1 Å². The lowest BCUT2D eigenvalue weighted by molar-refractivity contribution is 0.193. The zero-order valence-corrected chi connectivity index (χ0v) is 21.4. The lowest BCUT2D eigenvalue weighted by Gasteiger charge is -2.29. The summed E-state index contributed by atoms with van der Waals surface area (Å²) in [5.41, 5.74) is 1.91. The highest BCUT2D eigenvalue weighted by atomic mass is 31.2. The highest BCUT2D eigenvalue weighted by Gasteiger charge is 2.36. The molecular weight excluding hydrogens is 452 g/mol. The lowest BCUT2D eigenvalue weighted by atomic mass is 9.79. The van der Waals surface area contributed by atoms with Crippen LogP contribution in [0, 0.1) is 17.7 Å². The van der Waals surface area contributed by atoms with Gasteiger partial charge in [-0.05, 0) is 105 Å². The van der Waals surface area contributed by atoms with Gasteiger partial charge in [0.05, 0.1) is 20.3 Å². The molecule has 4 rings (SSSR count). The van der Waals surface area contributed by atoms with E-state index in [2.05, 4.69) is 4.98 Å². The molecule has 2 atom stereocenters. The third kappa shape index (κ3) is 6.60. The molecule has 0 bridgehead atoms. The van der Waals surface area contributed by atoms with Crippen LogP contribution in [0.5, 0.6) is 11.6 Å². The van der Waals surface area contributed by atoms with Crippen molar-refractivity contribution in [1.82, 2.24) is 4.98 Å². The van der Waals surface area contributed by atoms with E-state index in [0.717, 1.165) is 36.8 Å². The van der Waals surface area contributed by atoms with Crippen LogP contribution in [0.2, 0.25) is 0 Å². The SMILES string of the molecule is CCOP(C)(=O)CC(c1ccnc(OC[C@H]2CC[C@H](c3cc(OC)ccc3F)CC2)c1)C1CC1. The number of aromatic nitrogens is 1. The summed E-state index contributed by atoms with van der Waals surface area (Å²) in [6.07, 6.45) is 8.59. The highest BCUT2D eigenvalue weighted by Crippen LogP contribution is 2.53. The fourth-order valence-electron chi connectivity index (χ4n) is 5.25. The van der Waals surface area contributed by atoms with E-state index in [-0.39, 0.29) is 17.7 Å². The molecule has 0 saturated heterocycles. The van der Waals surface area contributed by atoms with Crippen LogP contribution in [0.3, 0.4) is 0 Å². The molecule has 1 heterocycles. The molecule has 1 aromatic heterocycles. The average molecular weight is 490 g/mol. The summed E-state index contributed by atoms with van der Waals surface area (Å²) in [4.78, 5) is 4.43. The Morgan fingerprint density at radius 2 is 1.88 bits per heavy atom. The maximum atomic E-state index is 14.4. The summed E-state index contributed by atoms with van der Waals surface area (Å²) in [5.74, 6) is 2.64. The van der Waals surface area contributed by atoms with Crippen LogP contribution in [-0.2, 0) is 9.09 Å². The van der Waals surface area contributed by atoms with E-state index in [1.165, 1.54) is 18.9 Å². The topological polar surface area (TPSA) is 57.7 Å². The van der Waals surface area contributed by atoms with Gasteiger partial charge >= 0.3 is 0 Å². The summed E-state index contributed by atoms with van der Waals surface area (Å²) in [7, 11) is -1.00. The fourth-order valence-corrected chi connectivity index (χ4v) is 7.12.